The summed E-state index contributed by atoms with van der Waals surface area (Å²) in [6.07, 6.45) is 0.556. The van der Waals surface area contributed by atoms with E-state index in [4.69, 9.17) is 4.74 Å². The highest BCUT2D eigenvalue weighted by Crippen LogP contribution is 2.42. The fraction of sp³-hybridized carbons (Fsp3) is 0.259. The number of ketones is 1. The van der Waals surface area contributed by atoms with Gasteiger partial charge in [0.1, 0.15) is 0 Å². The molecule has 4 rings (SSSR count). The molecule has 7 nitrogen and oxygen atoms in total. The molecule has 8 heteroatoms. The minimum Gasteiger partial charge on any atom is -0.455 e. The van der Waals surface area contributed by atoms with Gasteiger partial charge in [0.25, 0.3) is 5.91 Å². The number of Topliss-reactive ketones (excluding diaryl/α,β-unsaturated/α-hetero) is 1. The highest BCUT2D eigenvalue weighted by atomic mass is 32.1. The molecular formula is C27H26N2O5S. The first-order valence-electron chi connectivity index (χ1n) is 11.3. The maximum atomic E-state index is 13.1. The van der Waals surface area contributed by atoms with Gasteiger partial charge in [-0.05, 0) is 68.1 Å². The molecule has 180 valence electrons. The zero-order chi connectivity index (χ0) is 24.9. The molecule has 1 N–H and O–H groups in total. The monoisotopic (exact) mass is 490 g/mol. The molecule has 2 heterocycles. The summed E-state index contributed by atoms with van der Waals surface area (Å²) in [6.45, 7) is 3.00. The van der Waals surface area contributed by atoms with E-state index in [2.05, 4.69) is 5.32 Å². The van der Waals surface area contributed by atoms with Crippen molar-refractivity contribution in [3.8, 4) is 0 Å². The number of carbonyl (C=O) groups is 4. The van der Waals surface area contributed by atoms with Crippen LogP contribution in [-0.4, -0.2) is 30.2 Å². The highest BCUT2D eigenvalue weighted by Gasteiger charge is 2.43. The van der Waals surface area contributed by atoms with Gasteiger partial charge in [-0.1, -0.05) is 23.8 Å². The molecule has 0 spiro atoms. The minimum absolute atomic E-state index is 0.0527. The number of benzene rings is 2. The number of esters is 1. The van der Waals surface area contributed by atoms with Crippen LogP contribution in [0.3, 0.4) is 0 Å². The van der Waals surface area contributed by atoms with Gasteiger partial charge in [0.2, 0.25) is 5.91 Å². The van der Waals surface area contributed by atoms with Crippen LogP contribution in [0.25, 0.3) is 0 Å². The lowest BCUT2D eigenvalue weighted by Gasteiger charge is -2.39. The van der Waals surface area contributed by atoms with Gasteiger partial charge in [-0.25, -0.2) is 0 Å². The minimum atomic E-state index is -0.602. The van der Waals surface area contributed by atoms with Crippen LogP contribution < -0.4 is 10.2 Å². The number of nitrogens with one attached hydrogen (secondary N) is 1. The van der Waals surface area contributed by atoms with E-state index < -0.39 is 30.4 Å². The van der Waals surface area contributed by atoms with Crippen LogP contribution in [0.5, 0.6) is 0 Å². The average Bonchev–Trinajstić information content (AvgIpc) is 3.38. The largest absolute Gasteiger partial charge is 0.455 e. The number of amides is 2. The summed E-state index contributed by atoms with van der Waals surface area (Å²) < 4.78 is 5.41. The van der Waals surface area contributed by atoms with Crippen molar-refractivity contribution in [1.82, 2.24) is 0 Å². The van der Waals surface area contributed by atoms with Crippen LogP contribution >= 0.6 is 11.3 Å². The van der Waals surface area contributed by atoms with Crippen molar-refractivity contribution < 1.29 is 23.9 Å². The molecule has 1 aromatic heterocycles. The summed E-state index contributed by atoms with van der Waals surface area (Å²) in [4.78, 5) is 52.5. The van der Waals surface area contributed by atoms with Crippen LogP contribution in [0.2, 0.25) is 0 Å². The molecule has 1 fully saturated rings. The van der Waals surface area contributed by atoms with E-state index in [-0.39, 0.29) is 18.1 Å². The summed E-state index contributed by atoms with van der Waals surface area (Å²) >= 11 is 1.48. The van der Waals surface area contributed by atoms with Gasteiger partial charge in [-0.3, -0.25) is 19.2 Å². The lowest BCUT2D eigenvalue weighted by Crippen LogP contribution is -2.46. The Labute approximate surface area is 207 Å². The van der Waals surface area contributed by atoms with Gasteiger partial charge >= 0.3 is 5.97 Å². The summed E-state index contributed by atoms with van der Waals surface area (Å²) in [5, 5.41) is 4.57. The van der Waals surface area contributed by atoms with E-state index in [0.29, 0.717) is 17.7 Å². The molecule has 2 aromatic carbocycles. The quantitative estimate of drug-likeness (QED) is 0.375. The van der Waals surface area contributed by atoms with E-state index in [9.17, 15) is 19.2 Å². The predicted molar refractivity (Wildman–Crippen MR) is 134 cm³/mol. The zero-order valence-corrected chi connectivity index (χ0v) is 20.3. The number of piperidine rings is 1. The number of thiophene rings is 1. The molecule has 0 aliphatic carbocycles. The lowest BCUT2D eigenvalue weighted by molar-refractivity contribution is -0.153. The molecule has 35 heavy (non-hydrogen) atoms. The van der Waals surface area contributed by atoms with Crippen molar-refractivity contribution in [3.63, 3.8) is 0 Å². The Morgan fingerprint density at radius 2 is 1.77 bits per heavy atom. The summed E-state index contributed by atoms with van der Waals surface area (Å²) in [7, 11) is 0. The van der Waals surface area contributed by atoms with Crippen LogP contribution in [-0.2, 0) is 19.1 Å². The second kappa shape index (κ2) is 10.7. The molecular weight excluding hydrogens is 464 g/mol. The molecule has 1 saturated heterocycles. The smallest absolute Gasteiger partial charge is 0.311 e. The first-order chi connectivity index (χ1) is 16.8. The third-order valence-electron chi connectivity index (χ3n) is 5.97. The van der Waals surface area contributed by atoms with Crippen molar-refractivity contribution in [2.24, 2.45) is 5.92 Å². The Balaban J connectivity index is 1.47. The average molecular weight is 491 g/mol. The second-order valence-corrected chi connectivity index (χ2v) is 9.47. The molecule has 0 saturated carbocycles. The SMILES string of the molecule is CC(=O)c1ccc(NC(=O)COC(=O)[C@H]2CCC(=O)N(c3ccc(C)cc3)[C@@H]2c2cccs2)cc1. The summed E-state index contributed by atoms with van der Waals surface area (Å²) in [5.41, 5.74) is 2.84. The van der Waals surface area contributed by atoms with Crippen molar-refractivity contribution >= 4 is 46.3 Å². The van der Waals surface area contributed by atoms with Gasteiger partial charge in [0.15, 0.2) is 12.4 Å². The zero-order valence-electron chi connectivity index (χ0n) is 19.5. The van der Waals surface area contributed by atoms with E-state index in [1.165, 1.54) is 18.3 Å². The molecule has 0 bridgehead atoms. The van der Waals surface area contributed by atoms with Gasteiger partial charge in [-0.2, -0.15) is 0 Å². The standard InChI is InChI=1S/C27H26N2O5S/c1-17-5-11-21(12-6-17)29-25(32)14-13-22(26(29)23-4-3-15-35-23)27(33)34-16-24(31)28-20-9-7-19(8-10-20)18(2)30/h3-12,15,22,26H,13-14,16H2,1-2H3,(H,28,31)/t22-,26-/m0/s1. The fourth-order valence-electron chi connectivity index (χ4n) is 4.16. The van der Waals surface area contributed by atoms with Crippen molar-refractivity contribution in [3.05, 3.63) is 82.0 Å². The molecule has 1 aliphatic rings. The number of anilines is 2. The molecule has 2 amide bonds. The highest BCUT2D eigenvalue weighted by molar-refractivity contribution is 7.10. The predicted octanol–water partition coefficient (Wildman–Crippen LogP) is 4.93. The number of rotatable bonds is 7. The number of aryl methyl sites for hydroxylation is 1. The Morgan fingerprint density at radius 3 is 2.40 bits per heavy atom. The summed E-state index contributed by atoms with van der Waals surface area (Å²) in [5.74, 6) is -1.72. The first kappa shape index (κ1) is 24.3. The van der Waals surface area contributed by atoms with Crippen LogP contribution in [0.15, 0.2) is 66.0 Å². The first-order valence-corrected chi connectivity index (χ1v) is 12.2. The second-order valence-electron chi connectivity index (χ2n) is 8.49. The van der Waals surface area contributed by atoms with E-state index >= 15 is 0 Å². The van der Waals surface area contributed by atoms with Gasteiger partial charge in [-0.15, -0.1) is 11.3 Å². The third kappa shape index (κ3) is 5.66. The Morgan fingerprint density at radius 1 is 1.06 bits per heavy atom. The van der Waals surface area contributed by atoms with E-state index in [0.717, 1.165) is 16.1 Å². The topological polar surface area (TPSA) is 92.8 Å². The molecule has 2 atom stereocenters. The lowest BCUT2D eigenvalue weighted by atomic mass is 9.87. The maximum Gasteiger partial charge on any atom is 0.311 e. The van der Waals surface area contributed by atoms with E-state index in [1.807, 2.05) is 48.7 Å². The van der Waals surface area contributed by atoms with E-state index in [1.54, 1.807) is 29.2 Å². The molecule has 0 radical (unpaired) electrons. The molecule has 1 aliphatic heterocycles. The number of carbonyl (C=O) groups excluding carboxylic acids is 4. The van der Waals surface area contributed by atoms with Crippen molar-refractivity contribution in [2.75, 3.05) is 16.8 Å². The normalized spacial score (nSPS) is 17.7. The molecule has 0 unspecified atom stereocenters. The van der Waals surface area contributed by atoms with Crippen molar-refractivity contribution in [2.45, 2.75) is 32.7 Å². The molecule has 3 aromatic rings. The van der Waals surface area contributed by atoms with Crippen LogP contribution in [0, 0.1) is 12.8 Å². The fourth-order valence-corrected chi connectivity index (χ4v) is 5.04. The van der Waals surface area contributed by atoms with Gasteiger partial charge in [0.05, 0.1) is 12.0 Å². The van der Waals surface area contributed by atoms with Crippen LogP contribution in [0.1, 0.15) is 46.6 Å². The van der Waals surface area contributed by atoms with Gasteiger partial charge in [0, 0.05) is 28.2 Å². The summed E-state index contributed by atoms with van der Waals surface area (Å²) in [6, 6.07) is 17.4. The maximum absolute atomic E-state index is 13.1. The Kier molecular flexibility index (Phi) is 7.41. The number of hydrogen-bond donors (Lipinski definition) is 1. The Hall–Kier alpha value is -3.78. The number of hydrogen-bond acceptors (Lipinski definition) is 6. The van der Waals surface area contributed by atoms with Crippen molar-refractivity contribution in [1.29, 1.82) is 0 Å². The number of ether oxygens (including phenoxy) is 1. The third-order valence-corrected chi connectivity index (χ3v) is 6.91. The number of nitrogens with zero attached hydrogens (tertiary/aromatic N) is 1. The Bertz CT molecular complexity index is 1220. The van der Waals surface area contributed by atoms with Gasteiger partial charge < -0.3 is 15.0 Å². The van der Waals surface area contributed by atoms with Crippen LogP contribution in [0.4, 0.5) is 11.4 Å².